The van der Waals surface area contributed by atoms with E-state index in [4.69, 9.17) is 23.2 Å². The quantitative estimate of drug-likeness (QED) is 0.707. The molecule has 2 aromatic carbocycles. The van der Waals surface area contributed by atoms with Crippen LogP contribution in [0.2, 0.25) is 10.0 Å². The molecule has 0 saturated carbocycles. The van der Waals surface area contributed by atoms with Crippen LogP contribution in [0.15, 0.2) is 42.5 Å². The first-order valence-electron chi connectivity index (χ1n) is 9.32. The largest absolute Gasteiger partial charge is 0.325 e. The van der Waals surface area contributed by atoms with Crippen molar-refractivity contribution in [3.05, 3.63) is 63.6 Å². The molecule has 0 radical (unpaired) electrons. The summed E-state index contributed by atoms with van der Waals surface area (Å²) in [7, 11) is 0. The molecule has 0 aliphatic carbocycles. The number of hydrogen-bond acceptors (Lipinski definition) is 2. The van der Waals surface area contributed by atoms with Crippen molar-refractivity contribution in [3.63, 3.8) is 0 Å². The number of halogens is 2. The molecule has 0 unspecified atom stereocenters. The Morgan fingerprint density at radius 2 is 1.85 bits per heavy atom. The number of benzene rings is 2. The summed E-state index contributed by atoms with van der Waals surface area (Å²) in [5.74, 6) is 0.0509. The first-order chi connectivity index (χ1) is 12.7. The maximum atomic E-state index is 13.5. The first-order valence-corrected chi connectivity index (χ1v) is 10.1. The van der Waals surface area contributed by atoms with Crippen LogP contribution in [0.3, 0.4) is 0 Å². The van der Waals surface area contributed by atoms with Gasteiger partial charge in [-0.3, -0.25) is 4.79 Å². The molecule has 4 rings (SSSR count). The van der Waals surface area contributed by atoms with Crippen LogP contribution in [-0.2, 0) is 10.2 Å². The number of anilines is 1. The van der Waals surface area contributed by atoms with Crippen LogP contribution in [-0.4, -0.2) is 18.5 Å². The molecular weight excluding hydrogens is 379 g/mol. The predicted octanol–water partition coefficient (Wildman–Crippen LogP) is 5.38. The predicted molar refractivity (Wildman–Crippen MR) is 112 cm³/mol. The second-order valence-corrected chi connectivity index (χ2v) is 9.72. The number of carbonyl (C=O) groups is 1. The van der Waals surface area contributed by atoms with Gasteiger partial charge in [0.1, 0.15) is 0 Å². The lowest BCUT2D eigenvalue weighted by Crippen LogP contribution is -2.49. The van der Waals surface area contributed by atoms with Gasteiger partial charge in [-0.1, -0.05) is 62.2 Å². The smallest absolute Gasteiger partial charge is 0.237 e. The van der Waals surface area contributed by atoms with E-state index in [1.807, 2.05) is 36.4 Å². The molecule has 0 aromatic heterocycles. The summed E-state index contributed by atoms with van der Waals surface area (Å²) in [5, 5.41) is 8.09. The topological polar surface area (TPSA) is 41.1 Å². The number of hydrogen-bond donors (Lipinski definition) is 2. The Bertz CT molecular complexity index is 905. The van der Waals surface area contributed by atoms with E-state index in [0.29, 0.717) is 10.0 Å². The zero-order valence-electron chi connectivity index (χ0n) is 15.8. The van der Waals surface area contributed by atoms with Gasteiger partial charge in [0.2, 0.25) is 5.91 Å². The molecule has 142 valence electrons. The van der Waals surface area contributed by atoms with Crippen molar-refractivity contribution in [2.75, 3.05) is 11.9 Å². The zero-order valence-corrected chi connectivity index (χ0v) is 17.3. The van der Waals surface area contributed by atoms with Crippen LogP contribution in [0.25, 0.3) is 0 Å². The number of nitrogens with one attached hydrogen (secondary N) is 2. The van der Waals surface area contributed by atoms with Gasteiger partial charge in [0, 0.05) is 34.2 Å². The summed E-state index contributed by atoms with van der Waals surface area (Å²) >= 11 is 12.5. The molecule has 5 heteroatoms. The molecule has 2 N–H and O–H groups in total. The van der Waals surface area contributed by atoms with Crippen LogP contribution < -0.4 is 10.6 Å². The van der Waals surface area contributed by atoms with E-state index in [1.54, 1.807) is 0 Å². The van der Waals surface area contributed by atoms with Crippen LogP contribution in [0.5, 0.6) is 0 Å². The highest BCUT2D eigenvalue weighted by atomic mass is 35.5. The van der Waals surface area contributed by atoms with Crippen molar-refractivity contribution in [1.82, 2.24) is 5.32 Å². The molecule has 1 amide bonds. The lowest BCUT2D eigenvalue weighted by molar-refractivity contribution is -0.121. The third-order valence-corrected chi connectivity index (χ3v) is 6.26. The van der Waals surface area contributed by atoms with E-state index >= 15 is 0 Å². The molecule has 3 nitrogen and oxygen atoms in total. The SMILES string of the molecule is CC(C)(C)C[C@H]1NC[C@H](c2cccc(Cl)c2)[C@@]12C(=O)Nc1cc(Cl)ccc12. The lowest BCUT2D eigenvalue weighted by atomic mass is 9.64. The van der Waals surface area contributed by atoms with Crippen LogP contribution in [0, 0.1) is 5.41 Å². The summed E-state index contributed by atoms with van der Waals surface area (Å²) < 4.78 is 0. The Balaban J connectivity index is 1.91. The Morgan fingerprint density at radius 1 is 1.11 bits per heavy atom. The van der Waals surface area contributed by atoms with Gasteiger partial charge in [-0.2, -0.15) is 0 Å². The minimum atomic E-state index is -0.669. The van der Waals surface area contributed by atoms with E-state index in [-0.39, 0.29) is 23.3 Å². The Kier molecular flexibility index (Phi) is 4.53. The van der Waals surface area contributed by atoms with Gasteiger partial charge >= 0.3 is 0 Å². The van der Waals surface area contributed by atoms with E-state index in [0.717, 1.165) is 29.8 Å². The monoisotopic (exact) mass is 402 g/mol. The zero-order chi connectivity index (χ0) is 19.4. The molecule has 1 saturated heterocycles. The maximum absolute atomic E-state index is 13.5. The number of rotatable bonds is 2. The highest BCUT2D eigenvalue weighted by Gasteiger charge is 2.61. The third kappa shape index (κ3) is 3.06. The second kappa shape index (κ2) is 6.51. The first kappa shape index (κ1) is 18.8. The van der Waals surface area contributed by atoms with Crippen molar-refractivity contribution in [2.24, 2.45) is 5.41 Å². The van der Waals surface area contributed by atoms with E-state index in [1.165, 1.54) is 0 Å². The summed E-state index contributed by atoms with van der Waals surface area (Å²) in [6, 6.07) is 13.7. The molecule has 2 aliphatic rings. The Hall–Kier alpha value is -1.55. The van der Waals surface area contributed by atoms with E-state index in [9.17, 15) is 4.79 Å². The highest BCUT2D eigenvalue weighted by molar-refractivity contribution is 6.31. The van der Waals surface area contributed by atoms with Crippen molar-refractivity contribution in [1.29, 1.82) is 0 Å². The normalized spacial score (nSPS) is 27.1. The van der Waals surface area contributed by atoms with Crippen molar-refractivity contribution in [3.8, 4) is 0 Å². The van der Waals surface area contributed by atoms with E-state index in [2.05, 4.69) is 37.5 Å². The van der Waals surface area contributed by atoms with Crippen molar-refractivity contribution < 1.29 is 4.79 Å². The number of fused-ring (bicyclic) bond motifs is 2. The molecule has 2 heterocycles. The molecule has 2 aliphatic heterocycles. The highest BCUT2D eigenvalue weighted by Crippen LogP contribution is 2.54. The minimum Gasteiger partial charge on any atom is -0.325 e. The maximum Gasteiger partial charge on any atom is 0.237 e. The molecule has 3 atom stereocenters. The molecule has 27 heavy (non-hydrogen) atoms. The van der Waals surface area contributed by atoms with Crippen molar-refractivity contribution >= 4 is 34.8 Å². The molecule has 0 bridgehead atoms. The fourth-order valence-electron chi connectivity index (χ4n) is 4.80. The summed E-state index contributed by atoms with van der Waals surface area (Å²) in [6.07, 6.45) is 0.888. The Morgan fingerprint density at radius 3 is 2.56 bits per heavy atom. The second-order valence-electron chi connectivity index (χ2n) is 8.85. The van der Waals surface area contributed by atoms with E-state index < -0.39 is 5.41 Å². The van der Waals surface area contributed by atoms with Gasteiger partial charge in [-0.25, -0.2) is 0 Å². The fraction of sp³-hybridized carbons (Fsp3) is 0.409. The van der Waals surface area contributed by atoms with Crippen LogP contribution in [0.1, 0.15) is 44.2 Å². The number of carbonyl (C=O) groups excluding carboxylic acids is 1. The van der Waals surface area contributed by atoms with Crippen LogP contribution in [0.4, 0.5) is 5.69 Å². The van der Waals surface area contributed by atoms with Gasteiger partial charge < -0.3 is 10.6 Å². The summed E-state index contributed by atoms with van der Waals surface area (Å²) in [6.45, 7) is 7.37. The number of amides is 1. The van der Waals surface area contributed by atoms with Crippen molar-refractivity contribution in [2.45, 2.75) is 44.6 Å². The Labute approximate surface area is 170 Å². The standard InChI is InChI=1S/C22H24Cl2N2O/c1-21(2,3)11-19-22(16-8-7-15(24)10-18(16)26-20(22)27)17(12-25-19)13-5-4-6-14(23)9-13/h4-10,17,19,25H,11-12H2,1-3H3,(H,26,27)/t17-,19-,22-/m1/s1. The third-order valence-electron chi connectivity index (χ3n) is 5.79. The molecule has 1 spiro atoms. The van der Waals surface area contributed by atoms with Gasteiger partial charge in [0.05, 0.1) is 5.41 Å². The van der Waals surface area contributed by atoms with Crippen LogP contribution >= 0.6 is 23.2 Å². The average molecular weight is 403 g/mol. The average Bonchev–Trinajstić information content (AvgIpc) is 3.06. The van der Waals surface area contributed by atoms with Gasteiger partial charge in [-0.05, 0) is 47.2 Å². The molecular formula is C22H24Cl2N2O. The van der Waals surface area contributed by atoms with Gasteiger partial charge in [0.25, 0.3) is 0 Å². The van der Waals surface area contributed by atoms with Gasteiger partial charge in [0.15, 0.2) is 0 Å². The summed E-state index contributed by atoms with van der Waals surface area (Å²) in [4.78, 5) is 13.5. The molecule has 2 aromatic rings. The minimum absolute atomic E-state index is 0.00553. The van der Waals surface area contributed by atoms with Gasteiger partial charge in [-0.15, -0.1) is 0 Å². The molecule has 1 fully saturated rings. The fourth-order valence-corrected chi connectivity index (χ4v) is 5.17. The lowest BCUT2D eigenvalue weighted by Gasteiger charge is -2.37. The summed E-state index contributed by atoms with van der Waals surface area (Å²) in [5.41, 5.74) is 2.36.